The number of halogens is 2. The van der Waals surface area contributed by atoms with Gasteiger partial charge in [0.1, 0.15) is 11.3 Å². The van der Waals surface area contributed by atoms with Crippen LogP contribution in [0.3, 0.4) is 0 Å². The second kappa shape index (κ2) is 10.5. The third kappa shape index (κ3) is 4.45. The van der Waals surface area contributed by atoms with Crippen molar-refractivity contribution >= 4 is 40.2 Å². The number of imidazole rings is 1. The summed E-state index contributed by atoms with van der Waals surface area (Å²) in [7, 11) is 0. The minimum Gasteiger partial charge on any atom is -0.378 e. The van der Waals surface area contributed by atoms with Crippen LogP contribution < -0.4 is 9.74 Å². The molecule has 1 saturated heterocycles. The summed E-state index contributed by atoms with van der Waals surface area (Å²) in [6.07, 6.45) is 3.23. The number of ether oxygens (including phenoxy) is 1. The Morgan fingerprint density at radius 2 is 1.62 bits per heavy atom. The van der Waals surface area contributed by atoms with Crippen LogP contribution in [0.15, 0.2) is 84.9 Å². The number of benzene rings is 3. The van der Waals surface area contributed by atoms with E-state index in [4.69, 9.17) is 38.1 Å². The van der Waals surface area contributed by atoms with Gasteiger partial charge in [-0.2, -0.15) is 0 Å². The molecule has 6 nitrogen and oxygen atoms in total. The van der Waals surface area contributed by atoms with Crippen LogP contribution in [0.1, 0.15) is 24.8 Å². The van der Waals surface area contributed by atoms with Crippen LogP contribution in [0.5, 0.6) is 0 Å². The zero-order valence-electron chi connectivity index (χ0n) is 22.0. The molecule has 0 spiro atoms. The van der Waals surface area contributed by atoms with E-state index < -0.39 is 0 Å². The van der Waals surface area contributed by atoms with E-state index in [0.717, 1.165) is 78.6 Å². The Labute approximate surface area is 243 Å². The zero-order valence-corrected chi connectivity index (χ0v) is 23.5. The Bertz CT molecular complexity index is 1670. The molecule has 1 aliphatic heterocycles. The van der Waals surface area contributed by atoms with Crippen LogP contribution in [-0.4, -0.2) is 40.8 Å². The maximum absolute atomic E-state index is 6.68. The lowest BCUT2D eigenvalue weighted by atomic mass is 9.73. The normalized spacial score (nSPS) is 16.7. The topological polar surface area (TPSA) is 55.2 Å². The molecule has 40 heavy (non-hydrogen) atoms. The van der Waals surface area contributed by atoms with E-state index >= 15 is 0 Å². The second-order valence-corrected chi connectivity index (χ2v) is 11.1. The van der Waals surface area contributed by atoms with Crippen molar-refractivity contribution in [1.82, 2.24) is 19.4 Å². The Kier molecular flexibility index (Phi) is 6.72. The highest BCUT2D eigenvalue weighted by atomic mass is 35.5. The number of hydrogen-bond acceptors (Lipinski definition) is 5. The predicted molar refractivity (Wildman–Crippen MR) is 162 cm³/mol. The number of aromatic nitrogens is 3. The van der Waals surface area contributed by atoms with Gasteiger partial charge < -0.3 is 9.64 Å². The molecule has 202 valence electrons. The van der Waals surface area contributed by atoms with Crippen LogP contribution in [0.25, 0.3) is 39.5 Å². The fourth-order valence-electron chi connectivity index (χ4n) is 5.77. The lowest BCUT2D eigenvalue weighted by Gasteiger charge is -2.41. The van der Waals surface area contributed by atoms with Crippen molar-refractivity contribution in [2.75, 3.05) is 31.2 Å². The standard InChI is InChI=1S/C32H29Cl2N5O/c33-27-8-2-1-7-26(27)30-36-29-14-13-28(22-5-3-6-25(21-22)38-17-19-40-20-18-38)35-31(29)39(30)24-11-9-23(10-12-24)32(37-34)15-4-16-32/h1-3,5-14,21,37H,4,15-20H2. The average molecular weight is 571 g/mol. The third-order valence-electron chi connectivity index (χ3n) is 8.20. The van der Waals surface area contributed by atoms with Gasteiger partial charge in [-0.25, -0.2) is 14.8 Å². The summed E-state index contributed by atoms with van der Waals surface area (Å²) in [4.78, 5) is 15.6. The lowest BCUT2D eigenvalue weighted by Crippen LogP contribution is -2.43. The van der Waals surface area contributed by atoms with E-state index in [-0.39, 0.29) is 5.54 Å². The van der Waals surface area contributed by atoms with Gasteiger partial charge in [0.15, 0.2) is 5.65 Å². The molecule has 0 unspecified atom stereocenters. The Hall–Kier alpha value is -3.42. The minimum atomic E-state index is -0.153. The van der Waals surface area contributed by atoms with Crippen molar-refractivity contribution in [3.63, 3.8) is 0 Å². The van der Waals surface area contributed by atoms with Crippen molar-refractivity contribution in [2.45, 2.75) is 24.8 Å². The van der Waals surface area contributed by atoms with Crippen molar-refractivity contribution in [2.24, 2.45) is 0 Å². The number of nitrogens with zero attached hydrogens (tertiary/aromatic N) is 4. The Morgan fingerprint density at radius 1 is 0.825 bits per heavy atom. The van der Waals surface area contributed by atoms with Crippen LogP contribution in [0.4, 0.5) is 5.69 Å². The van der Waals surface area contributed by atoms with E-state index in [0.29, 0.717) is 5.02 Å². The maximum atomic E-state index is 6.68. The maximum Gasteiger partial charge on any atom is 0.165 e. The smallest absolute Gasteiger partial charge is 0.165 e. The first-order valence-corrected chi connectivity index (χ1v) is 14.5. The SMILES string of the molecule is ClNC1(c2ccc(-n3c(-c4ccccc4Cl)nc4ccc(-c5cccc(N6CCOCC6)c5)nc43)cc2)CCC1. The zero-order chi connectivity index (χ0) is 27.1. The number of anilines is 1. The summed E-state index contributed by atoms with van der Waals surface area (Å²) in [6, 6.07) is 29.0. The first kappa shape index (κ1) is 25.5. The molecule has 1 N–H and O–H groups in total. The van der Waals surface area contributed by atoms with Gasteiger partial charge in [0.2, 0.25) is 0 Å². The fraction of sp³-hybridized carbons (Fsp3) is 0.250. The van der Waals surface area contributed by atoms with Crippen LogP contribution in [0, 0.1) is 0 Å². The van der Waals surface area contributed by atoms with Crippen molar-refractivity contribution in [1.29, 1.82) is 0 Å². The van der Waals surface area contributed by atoms with E-state index in [9.17, 15) is 0 Å². The van der Waals surface area contributed by atoms with Crippen LogP contribution >= 0.6 is 23.4 Å². The molecule has 0 amide bonds. The number of pyridine rings is 1. The summed E-state index contributed by atoms with van der Waals surface area (Å²) in [5.41, 5.74) is 7.60. The van der Waals surface area contributed by atoms with Crippen LogP contribution in [0.2, 0.25) is 5.02 Å². The average Bonchev–Trinajstić information content (AvgIpc) is 3.36. The number of rotatable bonds is 6. The van der Waals surface area contributed by atoms with Crippen LogP contribution in [-0.2, 0) is 10.3 Å². The van der Waals surface area contributed by atoms with Gasteiger partial charge in [0.05, 0.1) is 29.5 Å². The number of nitrogens with one attached hydrogen (secondary N) is 1. The molecular formula is C32H29Cl2N5O. The van der Waals surface area contributed by atoms with Crippen molar-refractivity contribution in [3.8, 4) is 28.3 Å². The molecule has 0 atom stereocenters. The quantitative estimate of drug-likeness (QED) is 0.216. The molecule has 2 fully saturated rings. The van der Waals surface area contributed by atoms with Gasteiger partial charge in [-0.3, -0.25) is 4.57 Å². The third-order valence-corrected chi connectivity index (χ3v) is 8.89. The Balaban J connectivity index is 1.36. The fourth-order valence-corrected chi connectivity index (χ4v) is 6.29. The highest BCUT2D eigenvalue weighted by Gasteiger charge is 2.38. The second-order valence-electron chi connectivity index (χ2n) is 10.5. The van der Waals surface area contributed by atoms with Gasteiger partial charge >= 0.3 is 0 Å². The molecular weight excluding hydrogens is 541 g/mol. The molecule has 2 aliphatic rings. The van der Waals surface area contributed by atoms with Gasteiger partial charge in [0.25, 0.3) is 0 Å². The lowest BCUT2D eigenvalue weighted by molar-refractivity contribution is 0.122. The molecule has 3 heterocycles. The molecule has 7 rings (SSSR count). The summed E-state index contributed by atoms with van der Waals surface area (Å²) in [6.45, 7) is 3.28. The van der Waals surface area contributed by atoms with E-state index in [1.54, 1.807) is 0 Å². The highest BCUT2D eigenvalue weighted by Crippen LogP contribution is 2.42. The van der Waals surface area contributed by atoms with Gasteiger partial charge in [-0.1, -0.05) is 48.0 Å². The summed E-state index contributed by atoms with van der Waals surface area (Å²) in [5, 5.41) is 0.647. The molecule has 1 saturated carbocycles. The van der Waals surface area contributed by atoms with E-state index in [2.05, 4.69) is 62.8 Å². The van der Waals surface area contributed by atoms with Crippen molar-refractivity contribution in [3.05, 3.63) is 95.5 Å². The first-order valence-electron chi connectivity index (χ1n) is 13.7. The molecule has 3 aromatic carbocycles. The largest absolute Gasteiger partial charge is 0.378 e. The molecule has 1 aliphatic carbocycles. The van der Waals surface area contributed by atoms with E-state index in [1.165, 1.54) is 17.7 Å². The van der Waals surface area contributed by atoms with Gasteiger partial charge in [-0.05, 0) is 85.1 Å². The summed E-state index contributed by atoms with van der Waals surface area (Å²) in [5.74, 6) is 0.758. The van der Waals surface area contributed by atoms with Crippen molar-refractivity contribution < 1.29 is 4.74 Å². The summed E-state index contributed by atoms with van der Waals surface area (Å²) >= 11 is 12.9. The predicted octanol–water partition coefficient (Wildman–Crippen LogP) is 7.37. The number of morpholine rings is 1. The minimum absolute atomic E-state index is 0.153. The number of hydrogen-bond donors (Lipinski definition) is 1. The first-order chi connectivity index (χ1) is 19.6. The molecule has 0 bridgehead atoms. The summed E-state index contributed by atoms with van der Waals surface area (Å²) < 4.78 is 7.65. The number of fused-ring (bicyclic) bond motifs is 1. The van der Waals surface area contributed by atoms with Gasteiger partial charge in [-0.15, -0.1) is 0 Å². The molecule has 8 heteroatoms. The molecule has 2 aromatic heterocycles. The van der Waals surface area contributed by atoms with Gasteiger partial charge in [0, 0.05) is 35.6 Å². The molecule has 5 aromatic rings. The molecule has 0 radical (unpaired) electrons. The Morgan fingerprint density at radius 3 is 2.35 bits per heavy atom. The van der Waals surface area contributed by atoms with E-state index in [1.807, 2.05) is 36.4 Å². The highest BCUT2D eigenvalue weighted by molar-refractivity contribution is 6.33. The monoisotopic (exact) mass is 569 g/mol.